The predicted octanol–water partition coefficient (Wildman–Crippen LogP) is 0.828. The van der Waals surface area contributed by atoms with E-state index in [9.17, 15) is 19.8 Å². The summed E-state index contributed by atoms with van der Waals surface area (Å²) in [5.74, 6) is -1.02. The van der Waals surface area contributed by atoms with Crippen molar-refractivity contribution in [3.63, 3.8) is 0 Å². The Morgan fingerprint density at radius 2 is 1.88 bits per heavy atom. The Hall–Kier alpha value is -1.30. The molecule has 1 unspecified atom stereocenters. The molecule has 0 aromatic heterocycles. The third-order valence-corrected chi connectivity index (χ3v) is 3.80. The van der Waals surface area contributed by atoms with Crippen LogP contribution in [-0.2, 0) is 4.79 Å². The Kier molecular flexibility index (Phi) is 3.38. The maximum Gasteiger partial charge on any atom is 0.407 e. The van der Waals surface area contributed by atoms with Crippen LogP contribution < -0.4 is 5.32 Å². The van der Waals surface area contributed by atoms with Crippen LogP contribution in [0.5, 0.6) is 0 Å². The topological polar surface area (TPSA) is 89.9 Å². The largest absolute Gasteiger partial charge is 0.480 e. The summed E-state index contributed by atoms with van der Waals surface area (Å²) in [6, 6.07) is -0.896. The number of rotatable bonds is 1. The zero-order chi connectivity index (χ0) is 13.4. The van der Waals surface area contributed by atoms with E-state index in [2.05, 4.69) is 5.32 Å². The van der Waals surface area contributed by atoms with Gasteiger partial charge in [0.2, 0.25) is 0 Å². The SMILES string of the molecule is CC(C)(C)[C@@]1(C)C(C(=O)O)NCCN1C(=O)O. The van der Waals surface area contributed by atoms with Crippen molar-refractivity contribution in [2.75, 3.05) is 13.1 Å². The summed E-state index contributed by atoms with van der Waals surface area (Å²) in [6.45, 7) is 7.90. The van der Waals surface area contributed by atoms with Gasteiger partial charge in [0.1, 0.15) is 6.04 Å². The third kappa shape index (κ3) is 2.09. The van der Waals surface area contributed by atoms with E-state index in [0.717, 1.165) is 0 Å². The Bertz CT molecular complexity index is 313. The molecule has 1 saturated heterocycles. The first-order chi connectivity index (χ1) is 7.62. The monoisotopic (exact) mass is 244 g/mol. The molecule has 1 fully saturated rings. The standard InChI is InChI=1S/C11H20N2O4/c1-10(2,3)11(4)7(8(14)15)12-5-6-13(11)9(16)17/h7,12H,5-6H2,1-4H3,(H,14,15)(H,16,17)/t7?,11-/m1/s1. The molecule has 1 heterocycles. The summed E-state index contributed by atoms with van der Waals surface area (Å²) >= 11 is 0. The molecule has 98 valence electrons. The van der Waals surface area contributed by atoms with Gasteiger partial charge in [-0.2, -0.15) is 0 Å². The predicted molar refractivity (Wildman–Crippen MR) is 62.0 cm³/mol. The number of piperazine rings is 1. The van der Waals surface area contributed by atoms with Gasteiger partial charge in [-0.25, -0.2) is 4.79 Å². The first-order valence-corrected chi connectivity index (χ1v) is 5.59. The molecule has 1 amide bonds. The lowest BCUT2D eigenvalue weighted by atomic mass is 9.68. The van der Waals surface area contributed by atoms with Gasteiger partial charge in [-0.15, -0.1) is 0 Å². The molecule has 17 heavy (non-hydrogen) atoms. The smallest absolute Gasteiger partial charge is 0.407 e. The van der Waals surface area contributed by atoms with Crippen LogP contribution in [-0.4, -0.2) is 51.8 Å². The fourth-order valence-electron chi connectivity index (χ4n) is 2.37. The molecule has 0 bridgehead atoms. The van der Waals surface area contributed by atoms with Gasteiger partial charge in [0.25, 0.3) is 0 Å². The van der Waals surface area contributed by atoms with Crippen molar-refractivity contribution < 1.29 is 19.8 Å². The van der Waals surface area contributed by atoms with Crippen molar-refractivity contribution in [2.45, 2.75) is 39.3 Å². The van der Waals surface area contributed by atoms with Crippen molar-refractivity contribution in [1.29, 1.82) is 0 Å². The van der Waals surface area contributed by atoms with Gasteiger partial charge in [0, 0.05) is 13.1 Å². The van der Waals surface area contributed by atoms with Crippen LogP contribution in [0, 0.1) is 5.41 Å². The maximum atomic E-state index is 11.3. The summed E-state index contributed by atoms with van der Waals surface area (Å²) in [6.07, 6.45) is -1.07. The summed E-state index contributed by atoms with van der Waals surface area (Å²) < 4.78 is 0. The highest BCUT2D eigenvalue weighted by atomic mass is 16.4. The molecule has 1 aliphatic heterocycles. The van der Waals surface area contributed by atoms with Crippen LogP contribution >= 0.6 is 0 Å². The van der Waals surface area contributed by atoms with E-state index in [1.165, 1.54) is 4.90 Å². The Labute approximate surface area is 101 Å². The van der Waals surface area contributed by atoms with E-state index >= 15 is 0 Å². The number of aliphatic carboxylic acids is 1. The molecule has 0 aromatic rings. The summed E-state index contributed by atoms with van der Waals surface area (Å²) in [4.78, 5) is 23.8. The van der Waals surface area contributed by atoms with E-state index < -0.39 is 29.1 Å². The summed E-state index contributed by atoms with van der Waals surface area (Å²) in [5.41, 5.74) is -1.47. The molecule has 0 saturated carbocycles. The fourth-order valence-corrected chi connectivity index (χ4v) is 2.37. The minimum atomic E-state index is -1.07. The van der Waals surface area contributed by atoms with Crippen molar-refractivity contribution >= 4 is 12.1 Å². The van der Waals surface area contributed by atoms with Gasteiger partial charge in [-0.1, -0.05) is 20.8 Å². The van der Waals surface area contributed by atoms with E-state index in [4.69, 9.17) is 0 Å². The lowest BCUT2D eigenvalue weighted by Gasteiger charge is -2.54. The lowest BCUT2D eigenvalue weighted by Crippen LogP contribution is -2.73. The molecular weight excluding hydrogens is 224 g/mol. The minimum Gasteiger partial charge on any atom is -0.480 e. The second kappa shape index (κ2) is 4.18. The average Bonchev–Trinajstić information content (AvgIpc) is 2.15. The number of carbonyl (C=O) groups is 2. The van der Waals surface area contributed by atoms with Crippen molar-refractivity contribution in [2.24, 2.45) is 5.41 Å². The molecule has 6 nitrogen and oxygen atoms in total. The second-order valence-electron chi connectivity index (χ2n) is 5.56. The first kappa shape index (κ1) is 13.8. The second-order valence-corrected chi connectivity index (χ2v) is 5.56. The summed E-state index contributed by atoms with van der Waals surface area (Å²) in [5, 5.41) is 21.4. The van der Waals surface area contributed by atoms with Crippen molar-refractivity contribution in [3.8, 4) is 0 Å². The van der Waals surface area contributed by atoms with Crippen LogP contribution in [0.3, 0.4) is 0 Å². The van der Waals surface area contributed by atoms with Crippen LogP contribution in [0.2, 0.25) is 0 Å². The number of nitrogens with zero attached hydrogens (tertiary/aromatic N) is 1. The molecule has 3 N–H and O–H groups in total. The highest BCUT2D eigenvalue weighted by Gasteiger charge is 2.55. The Balaban J connectivity index is 3.26. The van der Waals surface area contributed by atoms with Gasteiger partial charge >= 0.3 is 12.1 Å². The van der Waals surface area contributed by atoms with Crippen LogP contribution in [0.15, 0.2) is 0 Å². The molecule has 1 aliphatic rings. The molecule has 1 rings (SSSR count). The zero-order valence-electron chi connectivity index (χ0n) is 10.6. The van der Waals surface area contributed by atoms with Crippen LogP contribution in [0.4, 0.5) is 4.79 Å². The van der Waals surface area contributed by atoms with Gasteiger partial charge in [-0.05, 0) is 12.3 Å². The quantitative estimate of drug-likeness (QED) is 0.635. The number of hydrogen-bond acceptors (Lipinski definition) is 3. The van der Waals surface area contributed by atoms with Gasteiger partial charge in [0.05, 0.1) is 5.54 Å². The zero-order valence-corrected chi connectivity index (χ0v) is 10.6. The highest BCUT2D eigenvalue weighted by Crippen LogP contribution is 2.40. The van der Waals surface area contributed by atoms with E-state index in [-0.39, 0.29) is 0 Å². The first-order valence-electron chi connectivity index (χ1n) is 5.59. The van der Waals surface area contributed by atoms with E-state index in [0.29, 0.717) is 13.1 Å². The molecule has 0 aromatic carbocycles. The van der Waals surface area contributed by atoms with Crippen molar-refractivity contribution in [1.82, 2.24) is 10.2 Å². The molecular formula is C11H20N2O4. The highest BCUT2D eigenvalue weighted by molar-refractivity contribution is 5.78. The normalized spacial score (nSPS) is 30.1. The average molecular weight is 244 g/mol. The van der Waals surface area contributed by atoms with Gasteiger partial charge in [-0.3, -0.25) is 9.69 Å². The molecule has 0 radical (unpaired) electrons. The third-order valence-electron chi connectivity index (χ3n) is 3.80. The number of hydrogen-bond donors (Lipinski definition) is 3. The number of nitrogens with one attached hydrogen (secondary N) is 1. The van der Waals surface area contributed by atoms with Gasteiger partial charge < -0.3 is 15.5 Å². The van der Waals surface area contributed by atoms with Crippen LogP contribution in [0.25, 0.3) is 0 Å². The van der Waals surface area contributed by atoms with E-state index in [1.807, 2.05) is 20.8 Å². The number of carboxylic acids is 1. The van der Waals surface area contributed by atoms with Crippen molar-refractivity contribution in [3.05, 3.63) is 0 Å². The summed E-state index contributed by atoms with van der Waals surface area (Å²) in [7, 11) is 0. The molecule has 0 spiro atoms. The minimum absolute atomic E-state index is 0.298. The fraction of sp³-hybridized carbons (Fsp3) is 0.818. The van der Waals surface area contributed by atoms with Gasteiger partial charge in [0.15, 0.2) is 0 Å². The number of amides is 1. The van der Waals surface area contributed by atoms with E-state index in [1.54, 1.807) is 6.92 Å². The molecule has 6 heteroatoms. The lowest BCUT2D eigenvalue weighted by molar-refractivity contribution is -0.149. The Morgan fingerprint density at radius 1 is 1.35 bits per heavy atom. The molecule has 0 aliphatic carbocycles. The Morgan fingerprint density at radius 3 is 2.24 bits per heavy atom. The van der Waals surface area contributed by atoms with Crippen LogP contribution in [0.1, 0.15) is 27.7 Å². The maximum absolute atomic E-state index is 11.3. The number of carboxylic acid groups (broad SMARTS) is 2. The molecule has 2 atom stereocenters.